The van der Waals surface area contributed by atoms with Gasteiger partial charge in [0.2, 0.25) is 0 Å². The van der Waals surface area contributed by atoms with Crippen LogP contribution in [-0.2, 0) is 4.74 Å². The van der Waals surface area contributed by atoms with E-state index in [0.29, 0.717) is 38.5 Å². The zero-order valence-corrected chi connectivity index (χ0v) is 15.1. The van der Waals surface area contributed by atoms with Crippen molar-refractivity contribution >= 4 is 6.09 Å². The smallest absolute Gasteiger partial charge is 0.410 e. The lowest BCUT2D eigenvalue weighted by molar-refractivity contribution is -0.0323. The summed E-state index contributed by atoms with van der Waals surface area (Å²) in [6, 6.07) is 0.547. The standard InChI is InChI=1S/C18H34N2O3/c1-17(2,3)23-16(21)20-12-10-18(22,11-13-20)14-19-15-8-6-4-5-7-9-15/h15,19,22H,4-14H2,1-3H3. The average Bonchev–Trinajstić information content (AvgIpc) is 2.73. The van der Waals surface area contributed by atoms with E-state index in [9.17, 15) is 9.90 Å². The van der Waals surface area contributed by atoms with E-state index in [4.69, 9.17) is 4.74 Å². The van der Waals surface area contributed by atoms with Crippen LogP contribution in [0, 0.1) is 0 Å². The van der Waals surface area contributed by atoms with Crippen molar-refractivity contribution in [3.8, 4) is 0 Å². The van der Waals surface area contributed by atoms with Gasteiger partial charge in [-0.3, -0.25) is 0 Å². The summed E-state index contributed by atoms with van der Waals surface area (Å²) in [5.41, 5.74) is -1.16. The van der Waals surface area contributed by atoms with Crippen LogP contribution in [0.2, 0.25) is 0 Å². The molecule has 0 radical (unpaired) electrons. The van der Waals surface area contributed by atoms with Crippen LogP contribution in [0.25, 0.3) is 0 Å². The monoisotopic (exact) mass is 326 g/mol. The molecule has 134 valence electrons. The molecule has 5 nitrogen and oxygen atoms in total. The number of amides is 1. The van der Waals surface area contributed by atoms with Crippen LogP contribution in [0.1, 0.15) is 72.1 Å². The summed E-state index contributed by atoms with van der Waals surface area (Å²) in [7, 11) is 0. The quantitative estimate of drug-likeness (QED) is 0.783. The number of aliphatic hydroxyl groups is 1. The minimum Gasteiger partial charge on any atom is -0.444 e. The summed E-state index contributed by atoms with van der Waals surface area (Å²) in [5.74, 6) is 0. The van der Waals surface area contributed by atoms with Gasteiger partial charge in [-0.25, -0.2) is 4.79 Å². The molecule has 2 N–H and O–H groups in total. The number of piperidine rings is 1. The van der Waals surface area contributed by atoms with Crippen LogP contribution in [-0.4, -0.2) is 53.0 Å². The molecule has 0 spiro atoms. The van der Waals surface area contributed by atoms with Crippen molar-refractivity contribution < 1.29 is 14.6 Å². The maximum Gasteiger partial charge on any atom is 0.410 e. The van der Waals surface area contributed by atoms with Gasteiger partial charge in [0.05, 0.1) is 5.60 Å². The number of rotatable bonds is 3. The second-order valence-corrected chi connectivity index (χ2v) is 8.26. The summed E-state index contributed by atoms with van der Waals surface area (Å²) >= 11 is 0. The van der Waals surface area contributed by atoms with Gasteiger partial charge in [0.1, 0.15) is 5.60 Å². The zero-order chi connectivity index (χ0) is 16.9. The molecule has 0 atom stereocenters. The van der Waals surface area contributed by atoms with Gasteiger partial charge in [0.25, 0.3) is 0 Å². The number of carbonyl (C=O) groups is 1. The van der Waals surface area contributed by atoms with Crippen LogP contribution < -0.4 is 5.32 Å². The van der Waals surface area contributed by atoms with E-state index in [1.807, 2.05) is 20.8 Å². The second-order valence-electron chi connectivity index (χ2n) is 8.26. The highest BCUT2D eigenvalue weighted by atomic mass is 16.6. The Hall–Kier alpha value is -0.810. The Labute approximate surface area is 140 Å². The fourth-order valence-electron chi connectivity index (χ4n) is 3.43. The molecule has 0 bridgehead atoms. The molecule has 0 aromatic heterocycles. The third-order valence-electron chi connectivity index (χ3n) is 4.92. The lowest BCUT2D eigenvalue weighted by Crippen LogP contribution is -2.53. The molecule has 2 rings (SSSR count). The number of ether oxygens (including phenoxy) is 1. The van der Waals surface area contributed by atoms with Gasteiger partial charge in [-0.05, 0) is 46.5 Å². The van der Waals surface area contributed by atoms with Gasteiger partial charge >= 0.3 is 6.09 Å². The molecule has 1 amide bonds. The third-order valence-corrected chi connectivity index (χ3v) is 4.92. The van der Waals surface area contributed by atoms with E-state index in [1.165, 1.54) is 38.5 Å². The van der Waals surface area contributed by atoms with Crippen LogP contribution >= 0.6 is 0 Å². The Bertz CT molecular complexity index is 376. The van der Waals surface area contributed by atoms with E-state index >= 15 is 0 Å². The van der Waals surface area contributed by atoms with Crippen LogP contribution in [0.4, 0.5) is 4.79 Å². The van der Waals surface area contributed by atoms with Crippen LogP contribution in [0.5, 0.6) is 0 Å². The number of nitrogens with one attached hydrogen (secondary N) is 1. The Kier molecular flexibility index (Phi) is 6.32. The molecular formula is C18H34N2O3. The minimum absolute atomic E-state index is 0.267. The summed E-state index contributed by atoms with van der Waals surface area (Å²) in [6.07, 6.45) is 8.68. The number of likely N-dealkylation sites (tertiary alicyclic amines) is 1. The first-order chi connectivity index (χ1) is 10.8. The molecule has 0 aromatic carbocycles. The normalized spacial score (nSPS) is 23.4. The van der Waals surface area contributed by atoms with Crippen molar-refractivity contribution in [3.05, 3.63) is 0 Å². The van der Waals surface area contributed by atoms with Crippen molar-refractivity contribution in [1.82, 2.24) is 10.2 Å². The maximum absolute atomic E-state index is 12.1. The van der Waals surface area contributed by atoms with E-state index in [2.05, 4.69) is 5.32 Å². The van der Waals surface area contributed by atoms with Gasteiger partial charge in [-0.1, -0.05) is 25.7 Å². The molecule has 1 aliphatic heterocycles. The first-order valence-electron chi connectivity index (χ1n) is 9.21. The maximum atomic E-state index is 12.1. The van der Waals surface area contributed by atoms with Crippen molar-refractivity contribution in [2.24, 2.45) is 0 Å². The molecule has 23 heavy (non-hydrogen) atoms. The van der Waals surface area contributed by atoms with E-state index in [1.54, 1.807) is 4.90 Å². The van der Waals surface area contributed by atoms with Gasteiger partial charge in [0, 0.05) is 25.7 Å². The van der Waals surface area contributed by atoms with Crippen LogP contribution in [0.3, 0.4) is 0 Å². The zero-order valence-electron chi connectivity index (χ0n) is 15.1. The van der Waals surface area contributed by atoms with E-state index in [-0.39, 0.29) is 6.09 Å². The minimum atomic E-state index is -0.690. The van der Waals surface area contributed by atoms with Gasteiger partial charge in [-0.2, -0.15) is 0 Å². The molecule has 1 saturated heterocycles. The summed E-state index contributed by atoms with van der Waals surface area (Å²) < 4.78 is 5.40. The summed E-state index contributed by atoms with van der Waals surface area (Å²) in [5, 5.41) is 14.3. The summed E-state index contributed by atoms with van der Waals surface area (Å²) in [6.45, 7) is 7.40. The van der Waals surface area contributed by atoms with Gasteiger partial charge in [-0.15, -0.1) is 0 Å². The number of nitrogens with zero attached hydrogens (tertiary/aromatic N) is 1. The topological polar surface area (TPSA) is 61.8 Å². The Morgan fingerprint density at radius 2 is 1.74 bits per heavy atom. The molecule has 2 aliphatic rings. The predicted molar refractivity (Wildman–Crippen MR) is 91.5 cm³/mol. The largest absolute Gasteiger partial charge is 0.444 e. The number of hydrogen-bond donors (Lipinski definition) is 2. The highest BCUT2D eigenvalue weighted by Crippen LogP contribution is 2.24. The predicted octanol–water partition coefficient (Wildman–Crippen LogP) is 3.06. The first-order valence-corrected chi connectivity index (χ1v) is 9.21. The lowest BCUT2D eigenvalue weighted by atomic mass is 9.91. The average molecular weight is 326 g/mol. The number of carbonyl (C=O) groups excluding carboxylic acids is 1. The molecular weight excluding hydrogens is 292 g/mol. The molecule has 0 aromatic rings. The highest BCUT2D eigenvalue weighted by molar-refractivity contribution is 5.68. The molecule has 2 fully saturated rings. The highest BCUT2D eigenvalue weighted by Gasteiger charge is 2.35. The molecule has 0 unspecified atom stereocenters. The Balaban J connectivity index is 1.74. The SMILES string of the molecule is CC(C)(C)OC(=O)N1CCC(O)(CNC2CCCCCC2)CC1. The molecule has 1 saturated carbocycles. The molecule has 5 heteroatoms. The summed E-state index contributed by atoms with van der Waals surface area (Å²) in [4.78, 5) is 13.8. The fourth-order valence-corrected chi connectivity index (χ4v) is 3.43. The fraction of sp³-hybridized carbons (Fsp3) is 0.944. The van der Waals surface area contributed by atoms with Crippen molar-refractivity contribution in [3.63, 3.8) is 0 Å². The van der Waals surface area contributed by atoms with Crippen molar-refractivity contribution in [1.29, 1.82) is 0 Å². The Morgan fingerprint density at radius 3 is 2.26 bits per heavy atom. The van der Waals surface area contributed by atoms with E-state index in [0.717, 1.165) is 0 Å². The number of hydrogen-bond acceptors (Lipinski definition) is 4. The lowest BCUT2D eigenvalue weighted by Gasteiger charge is -2.39. The van der Waals surface area contributed by atoms with E-state index < -0.39 is 11.2 Å². The van der Waals surface area contributed by atoms with Crippen molar-refractivity contribution in [2.75, 3.05) is 19.6 Å². The first kappa shape index (κ1) is 18.5. The van der Waals surface area contributed by atoms with Gasteiger partial charge < -0.3 is 20.1 Å². The van der Waals surface area contributed by atoms with Gasteiger partial charge in [0.15, 0.2) is 0 Å². The third kappa shape index (κ3) is 6.30. The van der Waals surface area contributed by atoms with Crippen molar-refractivity contribution in [2.45, 2.75) is 89.4 Å². The second kappa shape index (κ2) is 7.84. The molecule has 1 aliphatic carbocycles. The van der Waals surface area contributed by atoms with Crippen LogP contribution in [0.15, 0.2) is 0 Å². The Morgan fingerprint density at radius 1 is 1.17 bits per heavy atom. The molecule has 1 heterocycles.